The second kappa shape index (κ2) is 5.73. The Morgan fingerprint density at radius 1 is 1.39 bits per heavy atom. The molecule has 0 aliphatic carbocycles. The lowest BCUT2D eigenvalue weighted by molar-refractivity contribution is 0.351. The van der Waals surface area contributed by atoms with Crippen LogP contribution < -0.4 is 5.73 Å². The Kier molecular flexibility index (Phi) is 4.04. The summed E-state index contributed by atoms with van der Waals surface area (Å²) in [4.78, 5) is 8.56. The molecule has 5 nitrogen and oxygen atoms in total. The second-order valence-electron chi connectivity index (χ2n) is 4.18. The lowest BCUT2D eigenvalue weighted by atomic mass is 10.1. The monoisotopic (exact) mass is 246 g/mol. The number of hydrogen-bond donors (Lipinski definition) is 1. The van der Waals surface area contributed by atoms with Gasteiger partial charge >= 0.3 is 0 Å². The fourth-order valence-electron chi connectivity index (χ4n) is 1.88. The number of hydrogen-bond acceptors (Lipinski definition) is 5. The van der Waals surface area contributed by atoms with Crippen molar-refractivity contribution in [3.63, 3.8) is 0 Å². The molecule has 0 amide bonds. The molecule has 0 saturated heterocycles. The maximum atomic E-state index is 5.68. The van der Waals surface area contributed by atoms with Gasteiger partial charge in [0.25, 0.3) is 0 Å². The molecular weight excluding hydrogens is 228 g/mol. The fourth-order valence-corrected chi connectivity index (χ4v) is 1.88. The van der Waals surface area contributed by atoms with Crippen LogP contribution in [0.1, 0.15) is 37.6 Å². The van der Waals surface area contributed by atoms with Crippen LogP contribution >= 0.6 is 0 Å². The van der Waals surface area contributed by atoms with Gasteiger partial charge in [0.1, 0.15) is 0 Å². The van der Waals surface area contributed by atoms with Gasteiger partial charge in [-0.1, -0.05) is 19.0 Å². The van der Waals surface area contributed by atoms with Crippen molar-refractivity contribution in [1.82, 2.24) is 15.1 Å². The minimum atomic E-state index is 0.137. The number of pyridine rings is 1. The number of rotatable bonds is 5. The van der Waals surface area contributed by atoms with E-state index in [9.17, 15) is 0 Å². The summed E-state index contributed by atoms with van der Waals surface area (Å²) in [5, 5.41) is 4.04. The van der Waals surface area contributed by atoms with E-state index in [1.54, 1.807) is 6.20 Å². The van der Waals surface area contributed by atoms with Crippen LogP contribution in [0.15, 0.2) is 23.0 Å². The minimum absolute atomic E-state index is 0.137. The van der Waals surface area contributed by atoms with Crippen LogP contribution in [-0.4, -0.2) is 21.7 Å². The van der Waals surface area contributed by atoms with Crippen LogP contribution in [-0.2, 0) is 6.42 Å². The molecule has 18 heavy (non-hydrogen) atoms. The molecule has 0 bridgehead atoms. The zero-order valence-electron chi connectivity index (χ0n) is 10.8. The maximum absolute atomic E-state index is 5.68. The Bertz CT molecular complexity index is 505. The van der Waals surface area contributed by atoms with Crippen molar-refractivity contribution in [1.29, 1.82) is 0 Å². The smallest absolute Gasteiger partial charge is 0.231 e. The molecule has 5 heteroatoms. The molecule has 1 unspecified atom stereocenters. The zero-order chi connectivity index (χ0) is 13.0. The summed E-state index contributed by atoms with van der Waals surface area (Å²) in [5.74, 6) is 1.38. The van der Waals surface area contributed by atoms with E-state index in [0.29, 0.717) is 18.3 Å². The molecule has 2 rings (SSSR count). The summed E-state index contributed by atoms with van der Waals surface area (Å²) < 4.78 is 5.30. The van der Waals surface area contributed by atoms with E-state index < -0.39 is 0 Å². The average molecular weight is 246 g/mol. The maximum Gasteiger partial charge on any atom is 0.231 e. The van der Waals surface area contributed by atoms with Gasteiger partial charge in [-0.05, 0) is 24.5 Å². The number of aryl methyl sites for hydroxylation is 1. The van der Waals surface area contributed by atoms with Crippen LogP contribution in [0.2, 0.25) is 0 Å². The highest BCUT2D eigenvalue weighted by molar-refractivity contribution is 5.58. The molecule has 0 aromatic carbocycles. The molecule has 0 fully saturated rings. The minimum Gasteiger partial charge on any atom is -0.339 e. The summed E-state index contributed by atoms with van der Waals surface area (Å²) in [6.07, 6.45) is 5.37. The highest BCUT2D eigenvalue weighted by atomic mass is 16.5. The number of nitrogens with two attached hydrogens (primary N) is 1. The lowest BCUT2D eigenvalue weighted by Gasteiger charge is -2.04. The van der Waals surface area contributed by atoms with E-state index in [2.05, 4.69) is 29.0 Å². The van der Waals surface area contributed by atoms with Gasteiger partial charge in [0.15, 0.2) is 0 Å². The number of aromatic nitrogens is 3. The van der Waals surface area contributed by atoms with Gasteiger partial charge < -0.3 is 10.3 Å². The van der Waals surface area contributed by atoms with Crippen LogP contribution in [0.5, 0.6) is 0 Å². The summed E-state index contributed by atoms with van der Waals surface area (Å²) in [7, 11) is 0. The van der Waals surface area contributed by atoms with Crippen molar-refractivity contribution < 1.29 is 4.52 Å². The fraction of sp³-hybridized carbons (Fsp3) is 0.462. The molecule has 0 aliphatic rings. The molecule has 2 heterocycles. The number of nitrogens with zero attached hydrogens (tertiary/aromatic N) is 3. The van der Waals surface area contributed by atoms with Gasteiger partial charge in [0.2, 0.25) is 11.7 Å². The van der Waals surface area contributed by atoms with Crippen LogP contribution in [0, 0.1) is 0 Å². The summed E-state index contributed by atoms with van der Waals surface area (Å²) in [6.45, 7) is 4.66. The topological polar surface area (TPSA) is 77.8 Å². The standard InChI is InChI=1S/C13H18N4O/c1-3-9(7-14)13-16-12(17-18-13)11-5-6-15-8-10(11)4-2/h5-6,8-9H,3-4,7,14H2,1-2H3. The first kappa shape index (κ1) is 12.7. The van der Waals surface area contributed by atoms with Gasteiger partial charge in [-0.15, -0.1) is 0 Å². The van der Waals surface area contributed by atoms with E-state index in [1.807, 2.05) is 12.3 Å². The quantitative estimate of drug-likeness (QED) is 0.874. The largest absolute Gasteiger partial charge is 0.339 e. The first-order valence-corrected chi connectivity index (χ1v) is 6.27. The van der Waals surface area contributed by atoms with Gasteiger partial charge in [-0.25, -0.2) is 0 Å². The highest BCUT2D eigenvalue weighted by Gasteiger charge is 2.17. The molecular formula is C13H18N4O. The Labute approximate surface area is 106 Å². The molecule has 0 radical (unpaired) electrons. The van der Waals surface area contributed by atoms with Gasteiger partial charge in [-0.3, -0.25) is 4.98 Å². The Morgan fingerprint density at radius 2 is 2.22 bits per heavy atom. The Balaban J connectivity index is 2.34. The SMILES string of the molecule is CCc1cnccc1-c1noc(C(CC)CN)n1. The highest BCUT2D eigenvalue weighted by Crippen LogP contribution is 2.23. The van der Waals surface area contributed by atoms with Crippen molar-refractivity contribution in [3.8, 4) is 11.4 Å². The van der Waals surface area contributed by atoms with E-state index in [1.165, 1.54) is 0 Å². The second-order valence-corrected chi connectivity index (χ2v) is 4.18. The molecule has 2 aromatic heterocycles. The first-order chi connectivity index (χ1) is 8.80. The van der Waals surface area contributed by atoms with Crippen molar-refractivity contribution in [2.45, 2.75) is 32.6 Å². The predicted molar refractivity (Wildman–Crippen MR) is 69.0 cm³/mol. The summed E-state index contributed by atoms with van der Waals surface area (Å²) in [5.41, 5.74) is 7.78. The summed E-state index contributed by atoms with van der Waals surface area (Å²) in [6, 6.07) is 1.91. The Hall–Kier alpha value is -1.75. The first-order valence-electron chi connectivity index (χ1n) is 6.27. The molecule has 1 atom stereocenters. The van der Waals surface area contributed by atoms with Gasteiger partial charge in [-0.2, -0.15) is 4.98 Å². The third-order valence-electron chi connectivity index (χ3n) is 3.09. The molecule has 2 aromatic rings. The molecule has 96 valence electrons. The van der Waals surface area contributed by atoms with E-state index >= 15 is 0 Å². The van der Waals surface area contributed by atoms with Crippen LogP contribution in [0.4, 0.5) is 0 Å². The molecule has 0 saturated carbocycles. The van der Waals surface area contributed by atoms with E-state index in [-0.39, 0.29) is 5.92 Å². The van der Waals surface area contributed by atoms with Crippen molar-refractivity contribution in [2.75, 3.05) is 6.54 Å². The van der Waals surface area contributed by atoms with Crippen LogP contribution in [0.25, 0.3) is 11.4 Å². The molecule has 0 spiro atoms. The molecule has 0 aliphatic heterocycles. The third-order valence-corrected chi connectivity index (χ3v) is 3.09. The van der Waals surface area contributed by atoms with Crippen LogP contribution in [0.3, 0.4) is 0 Å². The normalized spacial score (nSPS) is 12.6. The van der Waals surface area contributed by atoms with E-state index in [0.717, 1.165) is 24.0 Å². The van der Waals surface area contributed by atoms with Crippen molar-refractivity contribution in [2.24, 2.45) is 5.73 Å². The summed E-state index contributed by atoms with van der Waals surface area (Å²) >= 11 is 0. The predicted octanol–water partition coefficient (Wildman–Crippen LogP) is 2.15. The third kappa shape index (κ3) is 2.41. The van der Waals surface area contributed by atoms with Gasteiger partial charge in [0.05, 0.1) is 5.92 Å². The average Bonchev–Trinajstić information content (AvgIpc) is 2.89. The van der Waals surface area contributed by atoms with Crippen molar-refractivity contribution in [3.05, 3.63) is 29.9 Å². The van der Waals surface area contributed by atoms with E-state index in [4.69, 9.17) is 10.3 Å². The van der Waals surface area contributed by atoms with Gasteiger partial charge in [0, 0.05) is 24.5 Å². The molecule has 2 N–H and O–H groups in total. The Morgan fingerprint density at radius 3 is 2.89 bits per heavy atom. The van der Waals surface area contributed by atoms with Crippen molar-refractivity contribution >= 4 is 0 Å². The zero-order valence-corrected chi connectivity index (χ0v) is 10.8. The lowest BCUT2D eigenvalue weighted by Crippen LogP contribution is -2.11.